The molecule has 25 heavy (non-hydrogen) atoms. The summed E-state index contributed by atoms with van der Waals surface area (Å²) in [7, 11) is 0. The molecule has 0 aromatic heterocycles. The second-order valence-electron chi connectivity index (χ2n) is 7.88. The van der Waals surface area contributed by atoms with Gasteiger partial charge in [0.2, 0.25) is 11.8 Å². The van der Waals surface area contributed by atoms with Crippen LogP contribution in [0, 0.1) is 0 Å². The summed E-state index contributed by atoms with van der Waals surface area (Å²) in [6.45, 7) is 8.51. The number of anilines is 1. The fourth-order valence-electron chi connectivity index (χ4n) is 3.74. The molecule has 2 N–H and O–H groups in total. The van der Waals surface area contributed by atoms with Gasteiger partial charge in [-0.05, 0) is 38.0 Å². The van der Waals surface area contributed by atoms with Gasteiger partial charge in [-0.1, -0.05) is 12.1 Å². The van der Waals surface area contributed by atoms with E-state index in [-0.39, 0.29) is 17.9 Å². The maximum atomic E-state index is 12.7. The van der Waals surface area contributed by atoms with Crippen LogP contribution in [0.3, 0.4) is 0 Å². The highest BCUT2D eigenvalue weighted by Crippen LogP contribution is 2.24. The number of amides is 2. The molecule has 136 valence electrons. The minimum absolute atomic E-state index is 0.00929. The van der Waals surface area contributed by atoms with E-state index < -0.39 is 5.60 Å². The van der Waals surface area contributed by atoms with Gasteiger partial charge in [0.1, 0.15) is 0 Å². The van der Waals surface area contributed by atoms with Gasteiger partial charge < -0.3 is 15.3 Å². The predicted octanol–water partition coefficient (Wildman–Crippen LogP) is 1.03. The second kappa shape index (κ2) is 6.77. The van der Waals surface area contributed by atoms with E-state index in [1.54, 1.807) is 0 Å². The number of nitrogens with one attached hydrogen (secondary N) is 1. The zero-order valence-electron chi connectivity index (χ0n) is 15.2. The number of hydrogen-bond acceptors (Lipinski definition) is 4. The zero-order chi connectivity index (χ0) is 18.2. The van der Waals surface area contributed by atoms with Crippen LogP contribution in [-0.2, 0) is 22.4 Å². The van der Waals surface area contributed by atoms with Crippen LogP contribution in [0.5, 0.6) is 0 Å². The molecule has 0 radical (unpaired) electrons. The van der Waals surface area contributed by atoms with Crippen molar-refractivity contribution in [1.82, 2.24) is 9.80 Å². The second-order valence-corrected chi connectivity index (χ2v) is 7.88. The van der Waals surface area contributed by atoms with Gasteiger partial charge in [0, 0.05) is 37.9 Å². The van der Waals surface area contributed by atoms with Crippen LogP contribution in [0.25, 0.3) is 0 Å². The van der Waals surface area contributed by atoms with E-state index >= 15 is 0 Å². The van der Waals surface area contributed by atoms with E-state index in [9.17, 15) is 14.7 Å². The Labute approximate surface area is 148 Å². The maximum Gasteiger partial charge on any atom is 0.228 e. The third-order valence-electron chi connectivity index (χ3n) is 4.80. The number of benzene rings is 1. The largest absolute Gasteiger partial charge is 0.389 e. The van der Waals surface area contributed by atoms with Gasteiger partial charge in [-0.3, -0.25) is 14.5 Å². The number of rotatable bonds is 4. The van der Waals surface area contributed by atoms with Crippen molar-refractivity contribution in [3.05, 3.63) is 29.3 Å². The van der Waals surface area contributed by atoms with E-state index in [1.807, 2.05) is 36.9 Å². The molecule has 6 heteroatoms. The summed E-state index contributed by atoms with van der Waals surface area (Å²) >= 11 is 0. The van der Waals surface area contributed by atoms with Gasteiger partial charge in [0.05, 0.1) is 18.4 Å². The Morgan fingerprint density at radius 1 is 1.36 bits per heavy atom. The number of carbonyl (C=O) groups excluding carboxylic acids is 2. The summed E-state index contributed by atoms with van der Waals surface area (Å²) in [6.07, 6.45) is 0.767. The van der Waals surface area contributed by atoms with Crippen LogP contribution in [0.1, 0.15) is 31.9 Å². The highest BCUT2D eigenvalue weighted by molar-refractivity contribution is 5.99. The molecule has 0 bridgehead atoms. The minimum Gasteiger partial charge on any atom is -0.389 e. The van der Waals surface area contributed by atoms with Crippen molar-refractivity contribution in [3.8, 4) is 0 Å². The van der Waals surface area contributed by atoms with Crippen LogP contribution < -0.4 is 5.32 Å². The molecule has 0 unspecified atom stereocenters. The van der Waals surface area contributed by atoms with Gasteiger partial charge in [0.15, 0.2) is 0 Å². The van der Waals surface area contributed by atoms with Crippen molar-refractivity contribution in [2.75, 3.05) is 31.5 Å². The molecule has 0 spiro atoms. The average molecular weight is 345 g/mol. The van der Waals surface area contributed by atoms with Crippen molar-refractivity contribution < 1.29 is 14.7 Å². The summed E-state index contributed by atoms with van der Waals surface area (Å²) < 4.78 is 0. The topological polar surface area (TPSA) is 72.9 Å². The smallest absolute Gasteiger partial charge is 0.228 e. The quantitative estimate of drug-likeness (QED) is 0.855. The molecule has 1 aromatic rings. The Bertz CT molecular complexity index is 681. The molecule has 3 rings (SSSR count). The zero-order valence-corrected chi connectivity index (χ0v) is 15.2. The molecule has 1 fully saturated rings. The molecular formula is C19H27N3O3. The predicted molar refractivity (Wildman–Crippen MR) is 96.4 cm³/mol. The first kappa shape index (κ1) is 17.9. The van der Waals surface area contributed by atoms with Crippen molar-refractivity contribution in [2.45, 2.75) is 45.3 Å². The summed E-state index contributed by atoms with van der Waals surface area (Å²) in [5.41, 5.74) is 2.03. The Morgan fingerprint density at radius 3 is 2.80 bits per heavy atom. The van der Waals surface area contributed by atoms with Crippen molar-refractivity contribution >= 4 is 17.5 Å². The fourth-order valence-corrected chi connectivity index (χ4v) is 3.74. The number of carbonyl (C=O) groups is 2. The molecular weight excluding hydrogens is 318 g/mol. The van der Waals surface area contributed by atoms with Gasteiger partial charge in [-0.2, -0.15) is 0 Å². The van der Waals surface area contributed by atoms with Crippen molar-refractivity contribution in [3.63, 3.8) is 0 Å². The SMILES string of the molecule is C[C@@H]1CN(CC(C)(C)O)CCN1C(=O)Cc1ccc2c(c1)NC(=O)C2. The maximum absolute atomic E-state index is 12.7. The molecule has 2 amide bonds. The summed E-state index contributed by atoms with van der Waals surface area (Å²) in [5.74, 6) is 0.120. The lowest BCUT2D eigenvalue weighted by Gasteiger charge is -2.41. The highest BCUT2D eigenvalue weighted by atomic mass is 16.3. The third-order valence-corrected chi connectivity index (χ3v) is 4.80. The first-order chi connectivity index (χ1) is 11.7. The Kier molecular flexibility index (Phi) is 4.84. The van der Waals surface area contributed by atoms with E-state index in [0.29, 0.717) is 25.9 Å². The number of aliphatic hydroxyl groups is 1. The van der Waals surface area contributed by atoms with Gasteiger partial charge in [-0.15, -0.1) is 0 Å². The standard InChI is InChI=1S/C19H27N3O3/c1-13-11-21(12-19(2,3)25)6-7-22(13)18(24)9-14-4-5-15-10-17(23)20-16(15)8-14/h4-5,8,13,25H,6-7,9-12H2,1-3H3,(H,20,23)/t13-/m1/s1. The monoisotopic (exact) mass is 345 g/mol. The number of nitrogens with zero attached hydrogens (tertiary/aromatic N) is 2. The first-order valence-electron chi connectivity index (χ1n) is 8.87. The number of fused-ring (bicyclic) bond motifs is 1. The Balaban J connectivity index is 1.59. The molecule has 1 saturated heterocycles. The number of β-amino-alcohol motifs (C(OH)–C–C–N with tert-alkyl or cyclic N) is 1. The number of piperazine rings is 1. The Morgan fingerprint density at radius 2 is 2.12 bits per heavy atom. The van der Waals surface area contributed by atoms with Crippen LogP contribution in [0.15, 0.2) is 18.2 Å². The summed E-state index contributed by atoms with van der Waals surface area (Å²) in [6, 6.07) is 5.90. The molecule has 1 aromatic carbocycles. The fraction of sp³-hybridized carbons (Fsp3) is 0.579. The minimum atomic E-state index is -0.721. The first-order valence-corrected chi connectivity index (χ1v) is 8.87. The molecule has 2 aliphatic heterocycles. The van der Waals surface area contributed by atoms with E-state index in [0.717, 1.165) is 29.9 Å². The summed E-state index contributed by atoms with van der Waals surface area (Å²) in [4.78, 5) is 28.3. The molecule has 0 saturated carbocycles. The van der Waals surface area contributed by atoms with Crippen LogP contribution in [0.2, 0.25) is 0 Å². The average Bonchev–Trinajstić information content (AvgIpc) is 2.84. The van der Waals surface area contributed by atoms with Crippen LogP contribution >= 0.6 is 0 Å². The van der Waals surface area contributed by atoms with E-state index in [2.05, 4.69) is 17.1 Å². The van der Waals surface area contributed by atoms with E-state index in [1.165, 1.54) is 0 Å². The number of hydrogen-bond donors (Lipinski definition) is 2. The Hall–Kier alpha value is -1.92. The van der Waals surface area contributed by atoms with Crippen LogP contribution in [-0.4, -0.2) is 64.5 Å². The van der Waals surface area contributed by atoms with Crippen LogP contribution in [0.4, 0.5) is 5.69 Å². The third kappa shape index (κ3) is 4.38. The van der Waals surface area contributed by atoms with Gasteiger partial charge in [-0.25, -0.2) is 0 Å². The van der Waals surface area contributed by atoms with Gasteiger partial charge in [0.25, 0.3) is 0 Å². The van der Waals surface area contributed by atoms with Crippen molar-refractivity contribution in [1.29, 1.82) is 0 Å². The van der Waals surface area contributed by atoms with Gasteiger partial charge >= 0.3 is 0 Å². The molecule has 0 aliphatic carbocycles. The summed E-state index contributed by atoms with van der Waals surface area (Å²) in [5, 5.41) is 12.8. The molecule has 6 nitrogen and oxygen atoms in total. The van der Waals surface area contributed by atoms with E-state index in [4.69, 9.17) is 0 Å². The normalized spacial score (nSPS) is 21.2. The molecule has 1 atom stereocenters. The lowest BCUT2D eigenvalue weighted by atomic mass is 10.0. The molecule has 2 heterocycles. The lowest BCUT2D eigenvalue weighted by molar-refractivity contribution is -0.135. The van der Waals surface area contributed by atoms with Crippen molar-refractivity contribution in [2.24, 2.45) is 0 Å². The molecule has 2 aliphatic rings. The highest BCUT2D eigenvalue weighted by Gasteiger charge is 2.30. The lowest BCUT2D eigenvalue weighted by Crippen LogP contribution is -2.56.